The summed E-state index contributed by atoms with van der Waals surface area (Å²) in [4.78, 5) is 29.4. The highest BCUT2D eigenvalue weighted by atomic mass is 16.5. The Morgan fingerprint density at radius 2 is 1.59 bits per heavy atom. The molecule has 2 atom stereocenters. The monoisotopic (exact) mass is 395 g/mol. The van der Waals surface area contributed by atoms with Crippen LogP contribution < -0.4 is 5.32 Å². The van der Waals surface area contributed by atoms with Crippen molar-refractivity contribution in [3.05, 3.63) is 42.5 Å². The number of amides is 3. The van der Waals surface area contributed by atoms with Gasteiger partial charge < -0.3 is 19.9 Å². The maximum Gasteiger partial charge on any atom is 0.321 e. The van der Waals surface area contributed by atoms with E-state index in [0.29, 0.717) is 39.0 Å². The van der Waals surface area contributed by atoms with E-state index >= 15 is 0 Å². The predicted octanol–water partition coefficient (Wildman–Crippen LogP) is 3.72. The predicted molar refractivity (Wildman–Crippen MR) is 114 cm³/mol. The van der Waals surface area contributed by atoms with E-state index in [1.807, 2.05) is 66.1 Å². The van der Waals surface area contributed by atoms with Crippen LogP contribution in [0.3, 0.4) is 0 Å². The van der Waals surface area contributed by atoms with Gasteiger partial charge in [-0.15, -0.1) is 0 Å². The quantitative estimate of drug-likeness (QED) is 0.843. The number of nitrogens with one attached hydrogen (secondary N) is 1. The molecule has 2 fully saturated rings. The number of piperidine rings is 1. The number of likely N-dealkylation sites (tertiary alicyclic amines) is 1. The molecule has 2 saturated heterocycles. The number of benzene rings is 2. The molecule has 154 valence electrons. The Kier molecular flexibility index (Phi) is 5.72. The van der Waals surface area contributed by atoms with Crippen LogP contribution in [0.5, 0.6) is 0 Å². The van der Waals surface area contributed by atoms with E-state index in [1.54, 1.807) is 0 Å². The smallest absolute Gasteiger partial charge is 0.321 e. The van der Waals surface area contributed by atoms with Crippen molar-refractivity contribution in [3.8, 4) is 0 Å². The Labute approximate surface area is 171 Å². The Balaban J connectivity index is 1.34. The molecule has 0 radical (unpaired) electrons. The number of morpholine rings is 1. The lowest BCUT2D eigenvalue weighted by molar-refractivity contribution is -0.148. The highest BCUT2D eigenvalue weighted by Crippen LogP contribution is 2.25. The van der Waals surface area contributed by atoms with Gasteiger partial charge in [0.2, 0.25) is 5.91 Å². The van der Waals surface area contributed by atoms with Crippen molar-refractivity contribution >= 4 is 28.4 Å². The Morgan fingerprint density at radius 3 is 2.31 bits per heavy atom. The summed E-state index contributed by atoms with van der Waals surface area (Å²) < 4.78 is 5.73. The summed E-state index contributed by atoms with van der Waals surface area (Å²) in [5.41, 5.74) is 0.822. The van der Waals surface area contributed by atoms with Crippen molar-refractivity contribution in [3.63, 3.8) is 0 Å². The van der Waals surface area contributed by atoms with Gasteiger partial charge in [0.25, 0.3) is 0 Å². The van der Waals surface area contributed by atoms with Crippen molar-refractivity contribution in [2.75, 3.05) is 31.5 Å². The zero-order valence-electron chi connectivity index (χ0n) is 17.1. The van der Waals surface area contributed by atoms with Gasteiger partial charge in [0.1, 0.15) is 0 Å². The van der Waals surface area contributed by atoms with E-state index in [9.17, 15) is 9.59 Å². The summed E-state index contributed by atoms with van der Waals surface area (Å²) in [6, 6.07) is 13.8. The third kappa shape index (κ3) is 4.37. The minimum absolute atomic E-state index is 0.00546. The lowest BCUT2D eigenvalue weighted by Gasteiger charge is -2.39. The second kappa shape index (κ2) is 8.41. The van der Waals surface area contributed by atoms with Crippen molar-refractivity contribution in [2.45, 2.75) is 38.9 Å². The van der Waals surface area contributed by atoms with Crippen molar-refractivity contribution in [2.24, 2.45) is 5.92 Å². The molecule has 2 aliphatic rings. The van der Waals surface area contributed by atoms with Crippen molar-refractivity contribution < 1.29 is 14.3 Å². The summed E-state index contributed by atoms with van der Waals surface area (Å²) in [6.07, 6.45) is 1.58. The van der Waals surface area contributed by atoms with Crippen LogP contribution in [-0.4, -0.2) is 60.1 Å². The topological polar surface area (TPSA) is 61.9 Å². The normalized spacial score (nSPS) is 23.2. The number of hydrogen-bond donors (Lipinski definition) is 1. The van der Waals surface area contributed by atoms with E-state index in [2.05, 4.69) is 5.32 Å². The minimum atomic E-state index is -0.0964. The minimum Gasteiger partial charge on any atom is -0.372 e. The SMILES string of the molecule is C[C@@H]1CN(C(=O)C2CCN(C(=O)Nc3cccc4ccccc34)CC2)C[C@H](C)O1. The number of anilines is 1. The number of rotatable bonds is 2. The van der Waals surface area contributed by atoms with Gasteiger partial charge in [-0.3, -0.25) is 4.79 Å². The zero-order valence-corrected chi connectivity index (χ0v) is 17.1. The first-order valence-corrected chi connectivity index (χ1v) is 10.5. The summed E-state index contributed by atoms with van der Waals surface area (Å²) in [6.45, 7) is 6.53. The second-order valence-electron chi connectivity index (χ2n) is 8.22. The number of fused-ring (bicyclic) bond motifs is 1. The zero-order chi connectivity index (χ0) is 20.4. The van der Waals surface area contributed by atoms with E-state index < -0.39 is 0 Å². The van der Waals surface area contributed by atoms with Crippen LogP contribution in [0, 0.1) is 5.92 Å². The molecule has 0 aliphatic carbocycles. The third-order valence-electron chi connectivity index (χ3n) is 5.89. The van der Waals surface area contributed by atoms with Crippen LogP contribution >= 0.6 is 0 Å². The average Bonchev–Trinajstić information content (AvgIpc) is 2.73. The second-order valence-corrected chi connectivity index (χ2v) is 8.22. The summed E-state index contributed by atoms with van der Waals surface area (Å²) in [5.74, 6) is 0.204. The molecule has 2 aromatic rings. The molecule has 0 saturated carbocycles. The molecule has 6 heteroatoms. The summed E-state index contributed by atoms with van der Waals surface area (Å²) >= 11 is 0. The number of hydrogen-bond acceptors (Lipinski definition) is 3. The Bertz CT molecular complexity index is 877. The standard InChI is InChI=1S/C23H29N3O3/c1-16-14-26(15-17(2)29-16)22(27)19-10-12-25(13-11-19)23(28)24-21-9-5-7-18-6-3-4-8-20(18)21/h3-9,16-17,19H,10-15H2,1-2H3,(H,24,28)/t16-,17+. The summed E-state index contributed by atoms with van der Waals surface area (Å²) in [7, 11) is 0. The van der Waals surface area contributed by atoms with Gasteiger partial charge in [0.05, 0.1) is 17.9 Å². The number of urea groups is 1. The third-order valence-corrected chi connectivity index (χ3v) is 5.89. The van der Waals surface area contributed by atoms with Crippen LogP contribution in [0.25, 0.3) is 10.8 Å². The van der Waals surface area contributed by atoms with E-state index in [4.69, 9.17) is 4.74 Å². The van der Waals surface area contributed by atoms with Gasteiger partial charge in [-0.05, 0) is 38.1 Å². The molecule has 0 bridgehead atoms. The lowest BCUT2D eigenvalue weighted by Crippen LogP contribution is -2.52. The molecule has 6 nitrogen and oxygen atoms in total. The molecule has 2 aliphatic heterocycles. The first-order chi connectivity index (χ1) is 14.0. The summed E-state index contributed by atoms with van der Waals surface area (Å²) in [5, 5.41) is 5.18. The largest absolute Gasteiger partial charge is 0.372 e. The maximum atomic E-state index is 12.9. The number of nitrogens with zero attached hydrogens (tertiary/aromatic N) is 2. The van der Waals surface area contributed by atoms with E-state index in [-0.39, 0.29) is 30.1 Å². The van der Waals surface area contributed by atoms with Crippen molar-refractivity contribution in [1.82, 2.24) is 9.80 Å². The van der Waals surface area contributed by atoms with Gasteiger partial charge in [0, 0.05) is 37.5 Å². The lowest BCUT2D eigenvalue weighted by atomic mass is 9.95. The molecular formula is C23H29N3O3. The first-order valence-electron chi connectivity index (χ1n) is 10.5. The van der Waals surface area contributed by atoms with Crippen LogP contribution in [0.4, 0.5) is 10.5 Å². The molecule has 0 unspecified atom stereocenters. The molecule has 3 amide bonds. The number of carbonyl (C=O) groups is 2. The van der Waals surface area contributed by atoms with Gasteiger partial charge in [0.15, 0.2) is 0 Å². The molecule has 2 aromatic carbocycles. The van der Waals surface area contributed by atoms with Crippen LogP contribution in [0.15, 0.2) is 42.5 Å². The fourth-order valence-electron chi connectivity index (χ4n) is 4.47. The first kappa shape index (κ1) is 19.7. The molecule has 1 N–H and O–H groups in total. The molecule has 2 heterocycles. The van der Waals surface area contributed by atoms with Gasteiger partial charge in [-0.2, -0.15) is 0 Å². The van der Waals surface area contributed by atoms with Crippen LogP contribution in [0.1, 0.15) is 26.7 Å². The van der Waals surface area contributed by atoms with E-state index in [0.717, 1.165) is 16.5 Å². The highest BCUT2D eigenvalue weighted by Gasteiger charge is 2.33. The van der Waals surface area contributed by atoms with Crippen LogP contribution in [0.2, 0.25) is 0 Å². The molecule has 0 aromatic heterocycles. The van der Waals surface area contributed by atoms with E-state index in [1.165, 1.54) is 0 Å². The van der Waals surface area contributed by atoms with Crippen molar-refractivity contribution in [1.29, 1.82) is 0 Å². The van der Waals surface area contributed by atoms with Gasteiger partial charge in [-0.25, -0.2) is 4.79 Å². The molecule has 4 rings (SSSR count). The maximum absolute atomic E-state index is 12.9. The fraction of sp³-hybridized carbons (Fsp3) is 0.478. The fourth-order valence-corrected chi connectivity index (χ4v) is 4.47. The van der Waals surface area contributed by atoms with Crippen LogP contribution in [-0.2, 0) is 9.53 Å². The number of carbonyl (C=O) groups excluding carboxylic acids is 2. The Hall–Kier alpha value is -2.60. The molecule has 29 heavy (non-hydrogen) atoms. The van der Waals surface area contributed by atoms with Gasteiger partial charge in [-0.1, -0.05) is 36.4 Å². The molecule has 0 spiro atoms. The van der Waals surface area contributed by atoms with Gasteiger partial charge >= 0.3 is 6.03 Å². The Morgan fingerprint density at radius 1 is 0.931 bits per heavy atom. The highest BCUT2D eigenvalue weighted by molar-refractivity contribution is 6.01. The number of ether oxygens (including phenoxy) is 1. The average molecular weight is 396 g/mol. The molecular weight excluding hydrogens is 366 g/mol.